The molecule has 0 atom stereocenters. The van der Waals surface area contributed by atoms with Gasteiger partial charge in [-0.3, -0.25) is 0 Å². The van der Waals surface area contributed by atoms with E-state index in [1.54, 1.807) is 0 Å². The third-order valence-electron chi connectivity index (χ3n) is 1.89. The molecule has 0 saturated heterocycles. The van der Waals surface area contributed by atoms with E-state index in [2.05, 4.69) is 30.0 Å². The van der Waals surface area contributed by atoms with E-state index in [4.69, 9.17) is 5.73 Å². The van der Waals surface area contributed by atoms with Crippen molar-refractivity contribution in [1.29, 1.82) is 0 Å². The fourth-order valence-electron chi connectivity index (χ4n) is 1.28. The number of aromatic nitrogens is 1. The predicted octanol–water partition coefficient (Wildman–Crippen LogP) is 2.35. The molecule has 0 saturated carbocycles. The normalized spacial score (nSPS) is 10.8. The van der Waals surface area contributed by atoms with E-state index in [-0.39, 0.29) is 0 Å². The highest BCUT2D eigenvalue weighted by Crippen LogP contribution is 2.24. The average molecular weight is 199 g/mol. The maximum absolute atomic E-state index is 5.59. The quantitative estimate of drug-likeness (QED) is 0.809. The third-order valence-corrected chi connectivity index (χ3v) is 2.73. The number of hydrogen-bond donors (Lipinski definition) is 1. The molecule has 1 aromatic heterocycles. The molecule has 2 N–H and O–H groups in total. The second-order valence-corrected chi connectivity index (χ2v) is 4.16. The topological polar surface area (TPSA) is 42.1 Å². The average Bonchev–Trinajstić information content (AvgIpc) is 2.46. The molecule has 1 rings (SSSR count). The molecule has 0 aliphatic heterocycles. The number of nitrogens with zero attached hydrogens (tertiary/aromatic N) is 2. The van der Waals surface area contributed by atoms with E-state index < -0.39 is 0 Å². The van der Waals surface area contributed by atoms with Crippen LogP contribution >= 0.6 is 11.5 Å². The van der Waals surface area contributed by atoms with Gasteiger partial charge in [-0.15, -0.1) is 0 Å². The molecule has 0 radical (unpaired) electrons. The van der Waals surface area contributed by atoms with Gasteiger partial charge in [0.15, 0.2) is 0 Å². The lowest BCUT2D eigenvalue weighted by atomic mass is 10.3. The first-order valence-electron chi connectivity index (χ1n) is 4.64. The minimum atomic E-state index is 0.514. The smallest absolute Gasteiger partial charge is 0.139 e. The van der Waals surface area contributed by atoms with Crippen LogP contribution in [0.5, 0.6) is 0 Å². The van der Waals surface area contributed by atoms with E-state index in [9.17, 15) is 0 Å². The lowest BCUT2D eigenvalue weighted by Gasteiger charge is -2.26. The van der Waals surface area contributed by atoms with Gasteiger partial charge in [0.05, 0.1) is 0 Å². The Morgan fingerprint density at radius 1 is 1.62 bits per heavy atom. The van der Waals surface area contributed by atoms with Crippen LogP contribution in [-0.2, 0) is 0 Å². The van der Waals surface area contributed by atoms with Crippen LogP contribution in [-0.4, -0.2) is 17.0 Å². The summed E-state index contributed by atoms with van der Waals surface area (Å²) in [6.07, 6.45) is 1.15. The summed E-state index contributed by atoms with van der Waals surface area (Å²) >= 11 is 1.48. The van der Waals surface area contributed by atoms with E-state index >= 15 is 0 Å². The van der Waals surface area contributed by atoms with E-state index in [0.717, 1.165) is 13.0 Å². The summed E-state index contributed by atoms with van der Waals surface area (Å²) in [5, 5.41) is 1.18. The standard InChI is InChI=1S/C9H17N3S/c1-4-5-12(7(2)3)9-6-8(10)11-13-9/h6-7H,4-5H2,1-3H3,(H2,10,11). The molecule has 0 aliphatic carbocycles. The van der Waals surface area contributed by atoms with Gasteiger partial charge in [0.1, 0.15) is 10.8 Å². The molecular weight excluding hydrogens is 182 g/mol. The van der Waals surface area contributed by atoms with Gasteiger partial charge in [-0.25, -0.2) is 0 Å². The van der Waals surface area contributed by atoms with Gasteiger partial charge in [-0.1, -0.05) is 6.92 Å². The van der Waals surface area contributed by atoms with Crippen molar-refractivity contribution < 1.29 is 0 Å². The van der Waals surface area contributed by atoms with Gasteiger partial charge in [0.25, 0.3) is 0 Å². The Bertz CT molecular complexity index is 257. The summed E-state index contributed by atoms with van der Waals surface area (Å²) in [5.74, 6) is 0.627. The van der Waals surface area contributed by atoms with Gasteiger partial charge in [0.2, 0.25) is 0 Å². The second kappa shape index (κ2) is 4.46. The van der Waals surface area contributed by atoms with Crippen molar-refractivity contribution in [3.63, 3.8) is 0 Å². The molecule has 0 aliphatic rings. The summed E-state index contributed by atoms with van der Waals surface area (Å²) in [6, 6.07) is 2.46. The summed E-state index contributed by atoms with van der Waals surface area (Å²) in [5.41, 5.74) is 5.59. The Hall–Kier alpha value is -0.770. The van der Waals surface area contributed by atoms with Crippen LogP contribution < -0.4 is 10.6 Å². The van der Waals surface area contributed by atoms with Crippen molar-refractivity contribution in [3.05, 3.63) is 6.07 Å². The first-order chi connectivity index (χ1) is 6.15. The van der Waals surface area contributed by atoms with Crippen molar-refractivity contribution in [3.8, 4) is 0 Å². The molecule has 0 spiro atoms. The number of rotatable bonds is 4. The molecule has 74 valence electrons. The highest BCUT2D eigenvalue weighted by atomic mass is 32.1. The largest absolute Gasteiger partial charge is 0.383 e. The number of hydrogen-bond acceptors (Lipinski definition) is 4. The summed E-state index contributed by atoms with van der Waals surface area (Å²) in [6.45, 7) is 7.62. The van der Waals surface area contributed by atoms with Gasteiger partial charge in [-0.05, 0) is 31.8 Å². The fraction of sp³-hybridized carbons (Fsp3) is 0.667. The Labute approximate surface area is 83.7 Å². The van der Waals surface area contributed by atoms with E-state index in [1.807, 2.05) is 6.07 Å². The summed E-state index contributed by atoms with van der Waals surface area (Å²) in [4.78, 5) is 2.33. The van der Waals surface area contributed by atoms with Crippen LogP contribution in [0, 0.1) is 0 Å². The Balaban J connectivity index is 2.75. The van der Waals surface area contributed by atoms with Crippen LogP contribution in [0.25, 0.3) is 0 Å². The molecule has 0 bridgehead atoms. The van der Waals surface area contributed by atoms with Crippen LogP contribution in [0.2, 0.25) is 0 Å². The number of nitrogen functional groups attached to an aromatic ring is 1. The molecule has 0 unspecified atom stereocenters. The molecule has 0 amide bonds. The number of anilines is 2. The maximum atomic E-state index is 5.59. The molecular formula is C9H17N3S. The molecule has 0 aromatic carbocycles. The van der Waals surface area contributed by atoms with Crippen molar-refractivity contribution >= 4 is 22.4 Å². The van der Waals surface area contributed by atoms with Gasteiger partial charge >= 0.3 is 0 Å². The number of nitrogens with two attached hydrogens (primary N) is 1. The molecule has 13 heavy (non-hydrogen) atoms. The maximum Gasteiger partial charge on any atom is 0.139 e. The van der Waals surface area contributed by atoms with Gasteiger partial charge < -0.3 is 10.6 Å². The molecule has 0 fully saturated rings. The second-order valence-electron chi connectivity index (χ2n) is 3.38. The summed E-state index contributed by atoms with van der Waals surface area (Å²) < 4.78 is 4.08. The van der Waals surface area contributed by atoms with Crippen molar-refractivity contribution in [2.75, 3.05) is 17.2 Å². The van der Waals surface area contributed by atoms with Crippen LogP contribution in [0.15, 0.2) is 6.07 Å². The van der Waals surface area contributed by atoms with Crippen LogP contribution in [0.1, 0.15) is 27.2 Å². The monoisotopic (exact) mass is 199 g/mol. The van der Waals surface area contributed by atoms with E-state index in [1.165, 1.54) is 16.5 Å². The Morgan fingerprint density at radius 3 is 2.69 bits per heavy atom. The van der Waals surface area contributed by atoms with Crippen molar-refractivity contribution in [1.82, 2.24) is 4.37 Å². The lowest BCUT2D eigenvalue weighted by Crippen LogP contribution is -2.30. The van der Waals surface area contributed by atoms with Crippen molar-refractivity contribution in [2.24, 2.45) is 0 Å². The third kappa shape index (κ3) is 2.59. The van der Waals surface area contributed by atoms with Crippen molar-refractivity contribution in [2.45, 2.75) is 33.2 Å². The Morgan fingerprint density at radius 2 is 2.31 bits per heavy atom. The first kappa shape index (κ1) is 10.3. The van der Waals surface area contributed by atoms with E-state index in [0.29, 0.717) is 11.9 Å². The zero-order chi connectivity index (χ0) is 9.84. The summed E-state index contributed by atoms with van der Waals surface area (Å²) in [7, 11) is 0. The Kier molecular flexibility index (Phi) is 3.54. The van der Waals surface area contributed by atoms with Gasteiger partial charge in [0, 0.05) is 18.7 Å². The van der Waals surface area contributed by atoms with Crippen LogP contribution in [0.4, 0.5) is 10.8 Å². The molecule has 1 aromatic rings. The fourth-order valence-corrected chi connectivity index (χ4v) is 2.11. The molecule has 4 heteroatoms. The molecule has 1 heterocycles. The predicted molar refractivity (Wildman–Crippen MR) is 59.3 cm³/mol. The minimum absolute atomic E-state index is 0.514. The zero-order valence-electron chi connectivity index (χ0n) is 8.45. The zero-order valence-corrected chi connectivity index (χ0v) is 9.27. The lowest BCUT2D eigenvalue weighted by molar-refractivity contribution is 0.676. The minimum Gasteiger partial charge on any atom is -0.383 e. The first-order valence-corrected chi connectivity index (χ1v) is 5.41. The van der Waals surface area contributed by atoms with Gasteiger partial charge in [-0.2, -0.15) is 4.37 Å². The highest BCUT2D eigenvalue weighted by molar-refractivity contribution is 7.10. The van der Waals surface area contributed by atoms with Crippen LogP contribution in [0.3, 0.4) is 0 Å². The highest BCUT2D eigenvalue weighted by Gasteiger charge is 2.11. The SMILES string of the molecule is CCCN(c1cc(N)ns1)C(C)C. The molecule has 3 nitrogen and oxygen atoms in total.